The number of carbonyl (C=O) groups excluding carboxylic acids is 1. The van der Waals surface area contributed by atoms with Crippen LogP contribution in [0, 0.1) is 6.92 Å². The number of benzene rings is 3. The van der Waals surface area contributed by atoms with Gasteiger partial charge in [-0.3, -0.25) is 4.79 Å². The van der Waals surface area contributed by atoms with E-state index in [0.29, 0.717) is 29.4 Å². The highest BCUT2D eigenvalue weighted by molar-refractivity contribution is 9.10. The van der Waals surface area contributed by atoms with Crippen molar-refractivity contribution in [2.75, 3.05) is 0 Å². The molecule has 0 fully saturated rings. The maximum Gasteiger partial charge on any atom is 0.231 e. The van der Waals surface area contributed by atoms with Crippen LogP contribution in [0.3, 0.4) is 0 Å². The molecule has 0 saturated carbocycles. The predicted molar refractivity (Wildman–Crippen MR) is 128 cm³/mol. The van der Waals surface area contributed by atoms with Crippen LogP contribution in [-0.2, 0) is 12.0 Å². The van der Waals surface area contributed by atoms with Crippen molar-refractivity contribution >= 4 is 27.8 Å². The molecule has 1 heterocycles. The van der Waals surface area contributed by atoms with E-state index in [1.807, 2.05) is 49.4 Å². The summed E-state index contributed by atoms with van der Waals surface area (Å²) in [6, 6.07) is 19.9. The van der Waals surface area contributed by atoms with Crippen molar-refractivity contribution in [2.24, 2.45) is 0 Å². The van der Waals surface area contributed by atoms with Gasteiger partial charge in [0.2, 0.25) is 5.78 Å². The van der Waals surface area contributed by atoms with Gasteiger partial charge in [-0.2, -0.15) is 0 Å². The van der Waals surface area contributed by atoms with Gasteiger partial charge in [0.05, 0.1) is 5.56 Å². The van der Waals surface area contributed by atoms with Crippen LogP contribution in [0.5, 0.6) is 11.5 Å². The lowest BCUT2D eigenvalue weighted by molar-refractivity contribution is 0.101. The Kier molecular flexibility index (Phi) is 5.76. The molecule has 3 aromatic rings. The smallest absolute Gasteiger partial charge is 0.231 e. The summed E-state index contributed by atoms with van der Waals surface area (Å²) < 4.78 is 13.0. The van der Waals surface area contributed by atoms with Crippen LogP contribution in [0.1, 0.15) is 53.4 Å². The molecule has 0 bridgehead atoms. The summed E-state index contributed by atoms with van der Waals surface area (Å²) in [5.74, 6) is 1.53. The van der Waals surface area contributed by atoms with E-state index in [4.69, 9.17) is 9.47 Å². The second-order valence-electron chi connectivity index (χ2n) is 8.79. The maximum absolute atomic E-state index is 12.9. The van der Waals surface area contributed by atoms with Crippen LogP contribution in [0.2, 0.25) is 0 Å². The number of ketones is 1. The third-order valence-electron chi connectivity index (χ3n) is 5.42. The quantitative estimate of drug-likeness (QED) is 0.372. The first-order valence-corrected chi connectivity index (χ1v) is 11.1. The molecule has 0 unspecified atom stereocenters. The molecule has 3 aromatic carbocycles. The zero-order valence-corrected chi connectivity index (χ0v) is 19.7. The highest BCUT2D eigenvalue weighted by Crippen LogP contribution is 2.39. The zero-order chi connectivity index (χ0) is 22.2. The average Bonchev–Trinajstić information content (AvgIpc) is 3.05. The summed E-state index contributed by atoms with van der Waals surface area (Å²) in [5.41, 5.74) is 4.75. The molecule has 4 heteroatoms. The molecule has 0 saturated heterocycles. The largest absolute Gasteiger partial charge is 0.488 e. The Morgan fingerprint density at radius 1 is 0.968 bits per heavy atom. The molecular weight excluding hydrogens is 452 g/mol. The Balaban J connectivity index is 1.53. The average molecular weight is 477 g/mol. The molecule has 0 spiro atoms. The van der Waals surface area contributed by atoms with Gasteiger partial charge >= 0.3 is 0 Å². The van der Waals surface area contributed by atoms with Crippen molar-refractivity contribution in [2.45, 2.75) is 39.7 Å². The first-order valence-electron chi connectivity index (χ1n) is 10.3. The van der Waals surface area contributed by atoms with Gasteiger partial charge in [0.25, 0.3) is 0 Å². The van der Waals surface area contributed by atoms with E-state index in [9.17, 15) is 4.79 Å². The Morgan fingerprint density at radius 2 is 1.65 bits per heavy atom. The number of carbonyl (C=O) groups is 1. The first-order chi connectivity index (χ1) is 14.7. The SMILES string of the molecule is Cc1c(OCc2ccc(Br)cc2)ccc2c1O/C(=C\c1ccc(C(C)(C)C)cc1)C2=O. The van der Waals surface area contributed by atoms with Crippen molar-refractivity contribution in [3.05, 3.63) is 98.7 Å². The minimum absolute atomic E-state index is 0.0886. The number of halogens is 1. The van der Waals surface area contributed by atoms with Crippen molar-refractivity contribution < 1.29 is 14.3 Å². The summed E-state index contributed by atoms with van der Waals surface area (Å²) in [6.07, 6.45) is 1.80. The molecule has 1 aliphatic rings. The monoisotopic (exact) mass is 476 g/mol. The molecule has 4 rings (SSSR count). The van der Waals surface area contributed by atoms with Crippen LogP contribution in [0.4, 0.5) is 0 Å². The summed E-state index contributed by atoms with van der Waals surface area (Å²) >= 11 is 3.44. The standard InChI is InChI=1S/C27H25BrO3/c1-17-23(30-16-19-7-11-21(28)12-8-19)14-13-22-25(29)24(31-26(17)22)15-18-5-9-20(10-6-18)27(2,3)4/h5-15H,16H2,1-4H3/b24-15-. The number of allylic oxidation sites excluding steroid dienone is 1. The van der Waals surface area contributed by atoms with Gasteiger partial charge in [-0.05, 0) is 59.4 Å². The summed E-state index contributed by atoms with van der Waals surface area (Å²) in [4.78, 5) is 12.9. The molecule has 0 aromatic heterocycles. The molecule has 0 aliphatic carbocycles. The topological polar surface area (TPSA) is 35.5 Å². The molecule has 0 atom stereocenters. The molecular formula is C27H25BrO3. The van der Waals surface area contributed by atoms with Crippen LogP contribution < -0.4 is 9.47 Å². The highest BCUT2D eigenvalue weighted by atomic mass is 79.9. The van der Waals surface area contributed by atoms with Gasteiger partial charge in [-0.1, -0.05) is 73.1 Å². The van der Waals surface area contributed by atoms with Gasteiger partial charge in [-0.25, -0.2) is 0 Å². The second kappa shape index (κ2) is 8.35. The Bertz CT molecular complexity index is 1150. The van der Waals surface area contributed by atoms with Gasteiger partial charge in [0.15, 0.2) is 5.76 Å². The van der Waals surface area contributed by atoms with Crippen LogP contribution in [0.15, 0.2) is 70.9 Å². The molecule has 1 aliphatic heterocycles. The molecule has 0 N–H and O–H groups in total. The van der Waals surface area contributed by atoms with Crippen LogP contribution in [0.25, 0.3) is 6.08 Å². The van der Waals surface area contributed by atoms with E-state index in [1.165, 1.54) is 5.56 Å². The number of hydrogen-bond acceptors (Lipinski definition) is 3. The van der Waals surface area contributed by atoms with Gasteiger partial charge in [0, 0.05) is 10.0 Å². The Hall–Kier alpha value is -2.85. The number of rotatable bonds is 4. The number of fused-ring (bicyclic) bond motifs is 1. The molecule has 158 valence electrons. The lowest BCUT2D eigenvalue weighted by atomic mass is 9.86. The lowest BCUT2D eigenvalue weighted by Crippen LogP contribution is -2.10. The molecule has 31 heavy (non-hydrogen) atoms. The van der Waals surface area contributed by atoms with E-state index >= 15 is 0 Å². The molecule has 0 radical (unpaired) electrons. The van der Waals surface area contributed by atoms with E-state index in [0.717, 1.165) is 21.2 Å². The van der Waals surface area contributed by atoms with Crippen LogP contribution in [-0.4, -0.2) is 5.78 Å². The van der Waals surface area contributed by atoms with Gasteiger partial charge < -0.3 is 9.47 Å². The lowest BCUT2D eigenvalue weighted by Gasteiger charge is -2.18. The third kappa shape index (κ3) is 4.59. The summed E-state index contributed by atoms with van der Waals surface area (Å²) in [5, 5.41) is 0. The number of Topliss-reactive ketones (excluding diaryl/α,β-unsaturated/α-hetero) is 1. The predicted octanol–water partition coefficient (Wildman–Crippen LogP) is 7.25. The fourth-order valence-corrected chi connectivity index (χ4v) is 3.76. The molecule has 0 amide bonds. The van der Waals surface area contributed by atoms with Crippen molar-refractivity contribution in [1.82, 2.24) is 0 Å². The van der Waals surface area contributed by atoms with Crippen molar-refractivity contribution in [3.63, 3.8) is 0 Å². The van der Waals surface area contributed by atoms with Gasteiger partial charge in [0.1, 0.15) is 18.1 Å². The third-order valence-corrected chi connectivity index (χ3v) is 5.95. The minimum atomic E-state index is -0.0996. The zero-order valence-electron chi connectivity index (χ0n) is 18.2. The fourth-order valence-electron chi connectivity index (χ4n) is 3.50. The first kappa shape index (κ1) is 21.4. The summed E-state index contributed by atoms with van der Waals surface area (Å²) in [6.45, 7) is 8.91. The van der Waals surface area contributed by atoms with Gasteiger partial charge in [-0.15, -0.1) is 0 Å². The minimum Gasteiger partial charge on any atom is -0.488 e. The van der Waals surface area contributed by atoms with Crippen molar-refractivity contribution in [3.8, 4) is 11.5 Å². The van der Waals surface area contributed by atoms with Crippen LogP contribution >= 0.6 is 15.9 Å². The number of ether oxygens (including phenoxy) is 2. The van der Waals surface area contributed by atoms with E-state index in [-0.39, 0.29) is 11.2 Å². The Morgan fingerprint density at radius 3 is 2.29 bits per heavy atom. The Labute approximate surface area is 191 Å². The van der Waals surface area contributed by atoms with E-state index in [1.54, 1.807) is 12.1 Å². The van der Waals surface area contributed by atoms with E-state index in [2.05, 4.69) is 48.8 Å². The van der Waals surface area contributed by atoms with Crippen molar-refractivity contribution in [1.29, 1.82) is 0 Å². The van der Waals surface area contributed by atoms with E-state index < -0.39 is 0 Å². The molecule has 3 nitrogen and oxygen atoms in total. The highest BCUT2D eigenvalue weighted by Gasteiger charge is 2.30. The second-order valence-corrected chi connectivity index (χ2v) is 9.71. The fraction of sp³-hybridized carbons (Fsp3) is 0.222. The maximum atomic E-state index is 12.9. The number of hydrogen-bond donors (Lipinski definition) is 0. The summed E-state index contributed by atoms with van der Waals surface area (Å²) in [7, 11) is 0. The normalized spacial score (nSPS) is 14.5.